The Kier molecular flexibility index (Phi) is 5.84. The molecule has 1 atom stereocenters. The first-order valence-electron chi connectivity index (χ1n) is 5.43. The number of benzene rings is 1. The number of hydrogen-bond donors (Lipinski definition) is 1. The molecule has 4 nitrogen and oxygen atoms in total. The molecule has 0 radical (unpaired) electrons. The van der Waals surface area contributed by atoms with Gasteiger partial charge in [-0.15, -0.1) is 0 Å². The molecule has 1 aromatic rings. The number of rotatable bonds is 6. The molecule has 0 fully saturated rings. The van der Waals surface area contributed by atoms with Gasteiger partial charge < -0.3 is 4.74 Å². The standard InChI is InChI=1S/C11H14BrF2NO3S/c1-7(3-4-18-2)15-19(16,17)11-9(12)5-8(13)6-10(11)14/h5-7,15H,3-4H2,1-2H3. The fourth-order valence-electron chi connectivity index (χ4n) is 1.46. The maximum atomic E-state index is 13.6. The van der Waals surface area contributed by atoms with Crippen LogP contribution in [0.5, 0.6) is 0 Å². The predicted octanol–water partition coefficient (Wildman–Crippen LogP) is 2.43. The molecule has 0 amide bonds. The lowest BCUT2D eigenvalue weighted by molar-refractivity contribution is 0.188. The molecule has 0 aliphatic carbocycles. The van der Waals surface area contributed by atoms with Gasteiger partial charge in [0.15, 0.2) is 0 Å². The van der Waals surface area contributed by atoms with Crippen LogP contribution in [-0.2, 0) is 14.8 Å². The van der Waals surface area contributed by atoms with E-state index in [4.69, 9.17) is 4.74 Å². The number of sulfonamides is 1. The monoisotopic (exact) mass is 357 g/mol. The summed E-state index contributed by atoms with van der Waals surface area (Å²) in [6.45, 7) is 2.00. The van der Waals surface area contributed by atoms with Crippen LogP contribution in [0.15, 0.2) is 21.5 Å². The lowest BCUT2D eigenvalue weighted by Crippen LogP contribution is -2.34. The van der Waals surface area contributed by atoms with E-state index in [0.29, 0.717) is 19.1 Å². The van der Waals surface area contributed by atoms with Crippen LogP contribution in [0, 0.1) is 11.6 Å². The first kappa shape index (κ1) is 16.5. The zero-order chi connectivity index (χ0) is 14.6. The summed E-state index contributed by atoms with van der Waals surface area (Å²) in [5.41, 5.74) is 0. The van der Waals surface area contributed by atoms with Gasteiger partial charge in [0, 0.05) is 30.3 Å². The SMILES string of the molecule is COCCC(C)NS(=O)(=O)c1c(F)cc(F)cc1Br. The molecular formula is C11H14BrF2NO3S. The maximum Gasteiger partial charge on any atom is 0.244 e. The molecule has 0 saturated heterocycles. The Hall–Kier alpha value is -0.570. The third kappa shape index (κ3) is 4.48. The van der Waals surface area contributed by atoms with Crippen molar-refractivity contribution in [2.45, 2.75) is 24.3 Å². The van der Waals surface area contributed by atoms with E-state index < -0.39 is 32.6 Å². The summed E-state index contributed by atoms with van der Waals surface area (Å²) in [7, 11) is -2.56. The highest BCUT2D eigenvalue weighted by molar-refractivity contribution is 9.10. The second-order valence-electron chi connectivity index (χ2n) is 4.00. The Balaban J connectivity index is 3.01. The highest BCUT2D eigenvalue weighted by Gasteiger charge is 2.25. The molecule has 0 aromatic heterocycles. The maximum absolute atomic E-state index is 13.6. The van der Waals surface area contributed by atoms with Crippen LogP contribution in [0.25, 0.3) is 0 Å². The molecule has 19 heavy (non-hydrogen) atoms. The predicted molar refractivity (Wildman–Crippen MR) is 70.3 cm³/mol. The molecule has 0 aliphatic rings. The van der Waals surface area contributed by atoms with Crippen molar-refractivity contribution in [1.29, 1.82) is 0 Å². The van der Waals surface area contributed by atoms with Gasteiger partial charge in [-0.25, -0.2) is 21.9 Å². The lowest BCUT2D eigenvalue weighted by Gasteiger charge is -2.15. The smallest absolute Gasteiger partial charge is 0.244 e. The molecule has 1 unspecified atom stereocenters. The Morgan fingerprint density at radius 1 is 1.42 bits per heavy atom. The zero-order valence-corrected chi connectivity index (χ0v) is 12.8. The molecule has 1 aromatic carbocycles. The molecule has 0 aliphatic heterocycles. The second-order valence-corrected chi connectivity index (χ2v) is 6.51. The highest BCUT2D eigenvalue weighted by Crippen LogP contribution is 2.26. The Morgan fingerprint density at radius 2 is 2.05 bits per heavy atom. The molecule has 1 rings (SSSR count). The van der Waals surface area contributed by atoms with Gasteiger partial charge in [-0.05, 0) is 35.3 Å². The van der Waals surface area contributed by atoms with E-state index in [1.165, 1.54) is 7.11 Å². The summed E-state index contributed by atoms with van der Waals surface area (Å²) in [5.74, 6) is -1.99. The number of methoxy groups -OCH3 is 1. The van der Waals surface area contributed by atoms with Gasteiger partial charge >= 0.3 is 0 Å². The first-order valence-corrected chi connectivity index (χ1v) is 7.71. The van der Waals surface area contributed by atoms with Gasteiger partial charge in [0.05, 0.1) is 0 Å². The topological polar surface area (TPSA) is 55.4 Å². The van der Waals surface area contributed by atoms with Crippen molar-refractivity contribution >= 4 is 26.0 Å². The summed E-state index contributed by atoms with van der Waals surface area (Å²) < 4.78 is 57.5. The van der Waals surface area contributed by atoms with Crippen LogP contribution in [0.2, 0.25) is 0 Å². The Labute approximate surface area is 119 Å². The van der Waals surface area contributed by atoms with E-state index in [-0.39, 0.29) is 4.47 Å². The molecular weight excluding hydrogens is 344 g/mol. The van der Waals surface area contributed by atoms with Gasteiger partial charge in [-0.3, -0.25) is 0 Å². The average molecular weight is 358 g/mol. The van der Waals surface area contributed by atoms with Crippen molar-refractivity contribution in [2.75, 3.05) is 13.7 Å². The molecule has 0 saturated carbocycles. The minimum absolute atomic E-state index is 0.156. The van der Waals surface area contributed by atoms with Crippen molar-refractivity contribution in [3.05, 3.63) is 28.2 Å². The van der Waals surface area contributed by atoms with Crippen LogP contribution in [0.4, 0.5) is 8.78 Å². The van der Waals surface area contributed by atoms with Gasteiger partial charge in [0.2, 0.25) is 10.0 Å². The van der Waals surface area contributed by atoms with Gasteiger partial charge in [-0.2, -0.15) is 0 Å². The molecule has 0 spiro atoms. The van der Waals surface area contributed by atoms with Gasteiger partial charge in [0.1, 0.15) is 16.5 Å². The third-order valence-corrected chi connectivity index (χ3v) is 4.90. The average Bonchev–Trinajstić information content (AvgIpc) is 2.23. The van der Waals surface area contributed by atoms with Crippen LogP contribution in [-0.4, -0.2) is 28.2 Å². The quantitative estimate of drug-likeness (QED) is 0.850. The summed E-state index contributed by atoms with van der Waals surface area (Å²) in [4.78, 5) is -0.599. The van der Waals surface area contributed by atoms with E-state index in [9.17, 15) is 17.2 Å². The van der Waals surface area contributed by atoms with Crippen molar-refractivity contribution in [3.63, 3.8) is 0 Å². The van der Waals surface area contributed by atoms with Crippen LogP contribution in [0.3, 0.4) is 0 Å². The van der Waals surface area contributed by atoms with E-state index in [0.717, 1.165) is 6.07 Å². The second kappa shape index (κ2) is 6.74. The molecule has 8 heteroatoms. The Bertz CT molecular complexity index is 528. The normalized spacial score (nSPS) is 13.5. The molecule has 108 valence electrons. The fourth-order valence-corrected chi connectivity index (χ4v) is 3.91. The minimum atomic E-state index is -4.06. The number of nitrogens with one attached hydrogen (secondary N) is 1. The minimum Gasteiger partial charge on any atom is -0.385 e. The van der Waals surface area contributed by atoms with E-state index >= 15 is 0 Å². The Morgan fingerprint density at radius 3 is 2.58 bits per heavy atom. The van der Waals surface area contributed by atoms with E-state index in [1.807, 2.05) is 0 Å². The van der Waals surface area contributed by atoms with E-state index in [1.54, 1.807) is 6.92 Å². The number of hydrogen-bond acceptors (Lipinski definition) is 3. The fraction of sp³-hybridized carbons (Fsp3) is 0.455. The summed E-state index contributed by atoms with van der Waals surface area (Å²) >= 11 is 2.85. The van der Waals surface area contributed by atoms with Crippen molar-refractivity contribution in [1.82, 2.24) is 4.72 Å². The van der Waals surface area contributed by atoms with Crippen molar-refractivity contribution in [3.8, 4) is 0 Å². The number of ether oxygens (including phenoxy) is 1. The van der Waals surface area contributed by atoms with E-state index in [2.05, 4.69) is 20.7 Å². The highest BCUT2D eigenvalue weighted by atomic mass is 79.9. The summed E-state index contributed by atoms with van der Waals surface area (Å²) in [5, 5.41) is 0. The van der Waals surface area contributed by atoms with Crippen molar-refractivity contribution in [2.24, 2.45) is 0 Å². The van der Waals surface area contributed by atoms with Crippen LogP contribution >= 0.6 is 15.9 Å². The first-order chi connectivity index (χ1) is 8.77. The third-order valence-electron chi connectivity index (χ3n) is 2.34. The summed E-state index contributed by atoms with van der Waals surface area (Å²) in [6, 6.07) is 0.998. The molecule has 1 N–H and O–H groups in total. The van der Waals surface area contributed by atoms with Crippen LogP contribution in [0.1, 0.15) is 13.3 Å². The molecule has 0 bridgehead atoms. The summed E-state index contributed by atoms with van der Waals surface area (Å²) in [6.07, 6.45) is 0.441. The largest absolute Gasteiger partial charge is 0.385 e. The van der Waals surface area contributed by atoms with Crippen molar-refractivity contribution < 1.29 is 21.9 Å². The van der Waals surface area contributed by atoms with Gasteiger partial charge in [0.25, 0.3) is 0 Å². The molecule has 0 heterocycles. The van der Waals surface area contributed by atoms with Gasteiger partial charge in [-0.1, -0.05) is 0 Å². The van der Waals surface area contributed by atoms with Crippen LogP contribution < -0.4 is 4.72 Å². The zero-order valence-electron chi connectivity index (χ0n) is 10.4. The lowest BCUT2D eigenvalue weighted by atomic mass is 10.3. The number of halogens is 3.